The van der Waals surface area contributed by atoms with Crippen LogP contribution in [0.1, 0.15) is 11.7 Å². The lowest BCUT2D eigenvalue weighted by Crippen LogP contribution is -2.00. The third-order valence-corrected chi connectivity index (χ3v) is 3.05. The summed E-state index contributed by atoms with van der Waals surface area (Å²) in [6.45, 7) is 0. The molecule has 0 amide bonds. The summed E-state index contributed by atoms with van der Waals surface area (Å²) in [5, 5.41) is 12.1. The molecule has 0 fully saturated rings. The quantitative estimate of drug-likeness (QED) is 0.861. The normalized spacial score (nSPS) is 12.9. The molecular weight excluding hydrogens is 206 g/mol. The highest BCUT2D eigenvalue weighted by Crippen LogP contribution is 2.25. The Balaban J connectivity index is 2.50. The molecule has 2 nitrogen and oxygen atoms in total. The predicted molar refractivity (Wildman–Crippen MR) is 65.1 cm³/mol. The molecule has 78 valence electrons. The smallest absolute Gasteiger partial charge is 0.0886 e. The molecule has 1 unspecified atom stereocenters. The number of benzene rings is 1. The molecule has 0 bridgehead atoms. The van der Waals surface area contributed by atoms with Crippen molar-refractivity contribution < 1.29 is 5.11 Å². The lowest BCUT2D eigenvalue weighted by Gasteiger charge is -2.11. The summed E-state index contributed by atoms with van der Waals surface area (Å²) in [5.74, 6) is 0.724. The lowest BCUT2D eigenvalue weighted by molar-refractivity contribution is 0.206. The van der Waals surface area contributed by atoms with Gasteiger partial charge in [0, 0.05) is 23.5 Å². The van der Waals surface area contributed by atoms with E-state index < -0.39 is 6.10 Å². The third kappa shape index (κ3) is 2.13. The van der Waals surface area contributed by atoms with Crippen molar-refractivity contribution in [2.75, 3.05) is 12.0 Å². The zero-order valence-corrected chi connectivity index (χ0v) is 9.37. The van der Waals surface area contributed by atoms with E-state index >= 15 is 0 Å². The number of hydrogen-bond donors (Lipinski definition) is 1. The Hall–Kier alpha value is -1.06. The van der Waals surface area contributed by atoms with Crippen LogP contribution in [0, 0.1) is 0 Å². The van der Waals surface area contributed by atoms with Gasteiger partial charge in [0.25, 0.3) is 0 Å². The van der Waals surface area contributed by atoms with Crippen LogP contribution in [-0.4, -0.2) is 22.1 Å². The molecule has 0 saturated carbocycles. The summed E-state index contributed by atoms with van der Waals surface area (Å²) in [6.07, 6.45) is 5.18. The van der Waals surface area contributed by atoms with Crippen LogP contribution in [0.5, 0.6) is 0 Å². The number of aromatic nitrogens is 1. The van der Waals surface area contributed by atoms with Gasteiger partial charge < -0.3 is 5.11 Å². The number of nitrogens with zero attached hydrogens (tertiary/aromatic N) is 1. The zero-order chi connectivity index (χ0) is 10.7. The second-order valence-electron chi connectivity index (χ2n) is 3.42. The van der Waals surface area contributed by atoms with Crippen molar-refractivity contribution in [3.05, 3.63) is 42.2 Å². The highest BCUT2D eigenvalue weighted by atomic mass is 32.2. The monoisotopic (exact) mass is 219 g/mol. The first-order valence-electron chi connectivity index (χ1n) is 4.82. The molecule has 0 aliphatic rings. The first kappa shape index (κ1) is 10.5. The highest BCUT2D eigenvalue weighted by molar-refractivity contribution is 7.98. The largest absolute Gasteiger partial charge is 0.388 e. The van der Waals surface area contributed by atoms with E-state index in [1.807, 2.05) is 36.7 Å². The van der Waals surface area contributed by atoms with E-state index in [0.717, 1.165) is 22.1 Å². The summed E-state index contributed by atoms with van der Waals surface area (Å²) < 4.78 is 0. The van der Waals surface area contributed by atoms with Gasteiger partial charge in [-0.05, 0) is 23.3 Å². The molecular formula is C12H13NOS. The van der Waals surface area contributed by atoms with Crippen molar-refractivity contribution in [1.82, 2.24) is 4.98 Å². The molecule has 0 saturated heterocycles. The van der Waals surface area contributed by atoms with Gasteiger partial charge in [0.15, 0.2) is 0 Å². The highest BCUT2D eigenvalue weighted by Gasteiger charge is 2.09. The SMILES string of the molecule is CSCC(O)c1cccc2cnccc12. The molecule has 3 heteroatoms. The van der Waals surface area contributed by atoms with Gasteiger partial charge in [-0.3, -0.25) is 4.98 Å². The maximum absolute atomic E-state index is 9.98. The van der Waals surface area contributed by atoms with Crippen molar-refractivity contribution in [3.63, 3.8) is 0 Å². The Labute approximate surface area is 93.3 Å². The topological polar surface area (TPSA) is 33.1 Å². The van der Waals surface area contributed by atoms with Gasteiger partial charge in [0.1, 0.15) is 0 Å². The minimum atomic E-state index is -0.397. The van der Waals surface area contributed by atoms with Crippen molar-refractivity contribution >= 4 is 22.5 Å². The number of aliphatic hydroxyl groups excluding tert-OH is 1. The molecule has 1 aromatic heterocycles. The van der Waals surface area contributed by atoms with Crippen molar-refractivity contribution in [1.29, 1.82) is 0 Å². The van der Waals surface area contributed by atoms with E-state index in [2.05, 4.69) is 4.98 Å². The first-order chi connectivity index (χ1) is 7.33. The van der Waals surface area contributed by atoms with Gasteiger partial charge in [-0.15, -0.1) is 0 Å². The average molecular weight is 219 g/mol. The van der Waals surface area contributed by atoms with Gasteiger partial charge in [0.2, 0.25) is 0 Å². The summed E-state index contributed by atoms with van der Waals surface area (Å²) in [7, 11) is 0. The van der Waals surface area contributed by atoms with Crippen LogP contribution in [0.15, 0.2) is 36.7 Å². The van der Waals surface area contributed by atoms with Crippen LogP contribution < -0.4 is 0 Å². The molecule has 0 aliphatic carbocycles. The van der Waals surface area contributed by atoms with Crippen LogP contribution >= 0.6 is 11.8 Å². The van der Waals surface area contributed by atoms with Crippen molar-refractivity contribution in [3.8, 4) is 0 Å². The molecule has 0 aliphatic heterocycles. The summed E-state index contributed by atoms with van der Waals surface area (Å²) >= 11 is 1.65. The number of rotatable bonds is 3. The summed E-state index contributed by atoms with van der Waals surface area (Å²) in [6, 6.07) is 7.90. The Morgan fingerprint density at radius 2 is 2.27 bits per heavy atom. The third-order valence-electron chi connectivity index (χ3n) is 2.40. The number of hydrogen-bond acceptors (Lipinski definition) is 3. The fourth-order valence-corrected chi connectivity index (χ4v) is 2.18. The minimum absolute atomic E-state index is 0.397. The van der Waals surface area contributed by atoms with E-state index in [1.54, 1.807) is 18.0 Å². The number of aliphatic hydroxyl groups is 1. The number of fused-ring (bicyclic) bond motifs is 1. The van der Waals surface area contributed by atoms with E-state index in [-0.39, 0.29) is 0 Å². The van der Waals surface area contributed by atoms with Gasteiger partial charge in [0.05, 0.1) is 6.10 Å². The Morgan fingerprint density at radius 3 is 3.07 bits per heavy atom. The summed E-state index contributed by atoms with van der Waals surface area (Å²) in [5.41, 5.74) is 0.990. The molecule has 1 heterocycles. The maximum Gasteiger partial charge on any atom is 0.0886 e. The number of pyridine rings is 1. The van der Waals surface area contributed by atoms with Crippen LogP contribution in [-0.2, 0) is 0 Å². The lowest BCUT2D eigenvalue weighted by atomic mass is 10.0. The number of thioether (sulfide) groups is 1. The molecule has 0 radical (unpaired) electrons. The van der Waals surface area contributed by atoms with Crippen LogP contribution in [0.3, 0.4) is 0 Å². The minimum Gasteiger partial charge on any atom is -0.388 e. The van der Waals surface area contributed by atoms with E-state index in [9.17, 15) is 5.11 Å². The second-order valence-corrected chi connectivity index (χ2v) is 4.33. The molecule has 0 spiro atoms. The van der Waals surface area contributed by atoms with Crippen LogP contribution in [0.2, 0.25) is 0 Å². The second kappa shape index (κ2) is 4.64. The van der Waals surface area contributed by atoms with E-state index in [0.29, 0.717) is 0 Å². The van der Waals surface area contributed by atoms with Gasteiger partial charge in [-0.1, -0.05) is 18.2 Å². The predicted octanol–water partition coefficient (Wildman–Crippen LogP) is 2.63. The fraction of sp³-hybridized carbons (Fsp3) is 0.250. The fourth-order valence-electron chi connectivity index (χ4n) is 1.69. The zero-order valence-electron chi connectivity index (χ0n) is 8.55. The van der Waals surface area contributed by atoms with E-state index in [4.69, 9.17) is 0 Å². The standard InChI is InChI=1S/C12H13NOS/c1-15-8-12(14)11-4-2-3-9-7-13-6-5-10(9)11/h2-7,12,14H,8H2,1H3. The Kier molecular flexibility index (Phi) is 3.23. The molecule has 1 N–H and O–H groups in total. The van der Waals surface area contributed by atoms with E-state index in [1.165, 1.54) is 0 Å². The molecule has 1 atom stereocenters. The van der Waals surface area contributed by atoms with Gasteiger partial charge in [-0.2, -0.15) is 11.8 Å². The van der Waals surface area contributed by atoms with Gasteiger partial charge in [-0.25, -0.2) is 0 Å². The van der Waals surface area contributed by atoms with Crippen LogP contribution in [0.4, 0.5) is 0 Å². The van der Waals surface area contributed by atoms with Crippen LogP contribution in [0.25, 0.3) is 10.8 Å². The molecule has 15 heavy (non-hydrogen) atoms. The molecule has 2 rings (SSSR count). The molecule has 2 aromatic rings. The Morgan fingerprint density at radius 1 is 1.40 bits per heavy atom. The maximum atomic E-state index is 9.98. The first-order valence-corrected chi connectivity index (χ1v) is 6.22. The van der Waals surface area contributed by atoms with Crippen molar-refractivity contribution in [2.24, 2.45) is 0 Å². The average Bonchev–Trinajstić information content (AvgIpc) is 2.28. The van der Waals surface area contributed by atoms with Crippen molar-refractivity contribution in [2.45, 2.75) is 6.10 Å². The van der Waals surface area contributed by atoms with Gasteiger partial charge >= 0.3 is 0 Å². The molecule has 1 aromatic carbocycles. The summed E-state index contributed by atoms with van der Waals surface area (Å²) in [4.78, 5) is 4.07. The Bertz CT molecular complexity index is 453.